The van der Waals surface area contributed by atoms with Gasteiger partial charge in [-0.1, -0.05) is 18.2 Å². The van der Waals surface area contributed by atoms with Crippen molar-refractivity contribution in [3.63, 3.8) is 0 Å². The van der Waals surface area contributed by atoms with Gasteiger partial charge in [0.1, 0.15) is 17.9 Å². The molecule has 0 aliphatic heterocycles. The summed E-state index contributed by atoms with van der Waals surface area (Å²) >= 11 is 0. The van der Waals surface area contributed by atoms with Gasteiger partial charge in [0.25, 0.3) is 0 Å². The van der Waals surface area contributed by atoms with Crippen LogP contribution in [-0.2, 0) is 6.11 Å². The summed E-state index contributed by atoms with van der Waals surface area (Å²) < 4.78 is 44.2. The van der Waals surface area contributed by atoms with Crippen LogP contribution in [0.25, 0.3) is 10.9 Å². The molecule has 0 aliphatic carbocycles. The number of halogens is 3. The minimum atomic E-state index is -3.44. The minimum Gasteiger partial charge on any atom is -0.493 e. The Hall–Kier alpha value is -3.65. The lowest BCUT2D eigenvalue weighted by Crippen LogP contribution is -2.21. The Kier molecular flexibility index (Phi) is 6.95. The molecule has 9 heteroatoms. The van der Waals surface area contributed by atoms with Crippen LogP contribution in [0.5, 0.6) is 17.2 Å². The molecule has 1 aromatic heterocycles. The fourth-order valence-corrected chi connectivity index (χ4v) is 3.06. The predicted octanol–water partition coefficient (Wildman–Crippen LogP) is 5.94. The highest BCUT2D eigenvalue weighted by atomic mass is 35.5. The Balaban J connectivity index is 0.00000289. The Morgan fingerprint density at radius 3 is 2.16 bits per heavy atom. The molecule has 0 radical (unpaired) electrons. The molecule has 4 rings (SSSR count). The van der Waals surface area contributed by atoms with Gasteiger partial charge >= 0.3 is 6.11 Å². The molecule has 1 N–H and O–H groups in total. The molecule has 0 atom stereocenters. The van der Waals surface area contributed by atoms with Gasteiger partial charge in [-0.25, -0.2) is 9.97 Å². The monoisotopic (exact) mass is 459 g/mol. The van der Waals surface area contributed by atoms with Crippen LogP contribution in [0.4, 0.5) is 20.3 Å². The van der Waals surface area contributed by atoms with Crippen molar-refractivity contribution in [2.45, 2.75) is 6.11 Å². The van der Waals surface area contributed by atoms with Crippen LogP contribution in [0.3, 0.4) is 0 Å². The summed E-state index contributed by atoms with van der Waals surface area (Å²) in [6, 6.07) is 17.1. The lowest BCUT2D eigenvalue weighted by Gasteiger charge is -2.18. The van der Waals surface area contributed by atoms with E-state index in [1.54, 1.807) is 44.6 Å². The average Bonchev–Trinajstić information content (AvgIpc) is 2.80. The molecule has 0 spiro atoms. The number of alkyl halides is 2. The summed E-state index contributed by atoms with van der Waals surface area (Å²) in [6.45, 7) is 0. The molecule has 0 aliphatic rings. The topological polar surface area (TPSA) is 65.5 Å². The van der Waals surface area contributed by atoms with E-state index in [1.165, 1.54) is 42.7 Å². The van der Waals surface area contributed by atoms with Gasteiger partial charge in [0.15, 0.2) is 11.5 Å². The van der Waals surface area contributed by atoms with Crippen molar-refractivity contribution >= 4 is 34.8 Å². The van der Waals surface area contributed by atoms with E-state index >= 15 is 0 Å². The van der Waals surface area contributed by atoms with Crippen LogP contribution >= 0.6 is 12.4 Å². The molecule has 0 amide bonds. The van der Waals surface area contributed by atoms with Crippen LogP contribution in [0.2, 0.25) is 0 Å². The van der Waals surface area contributed by atoms with Crippen molar-refractivity contribution in [1.82, 2.24) is 9.97 Å². The van der Waals surface area contributed by atoms with Crippen molar-refractivity contribution in [1.29, 1.82) is 0 Å². The lowest BCUT2D eigenvalue weighted by atomic mass is 10.2. The molecular weight excluding hydrogens is 440 g/mol. The molecule has 32 heavy (non-hydrogen) atoms. The van der Waals surface area contributed by atoms with E-state index in [0.29, 0.717) is 28.5 Å². The van der Waals surface area contributed by atoms with Gasteiger partial charge in [-0.15, -0.1) is 12.4 Å². The summed E-state index contributed by atoms with van der Waals surface area (Å²) in [7, 11) is 3.10. The number of ether oxygens (including phenoxy) is 3. The smallest absolute Gasteiger partial charge is 0.426 e. The van der Waals surface area contributed by atoms with Crippen LogP contribution < -0.4 is 19.5 Å². The number of rotatable bonds is 7. The van der Waals surface area contributed by atoms with Gasteiger partial charge in [-0.2, -0.15) is 8.78 Å². The third kappa shape index (κ3) is 4.81. The standard InChI is InChI=1S/C23H19F2N3O3.ClH/c1-29-20-12-18-19(13-21(20)30-2)26-14-27-22(18)28-16-8-10-17(11-9-16)31-23(24,25)15-6-4-3-5-7-15;/h3-14H,1-2H3,(H,26,27,28);1H. The van der Waals surface area contributed by atoms with E-state index < -0.39 is 6.11 Å². The van der Waals surface area contributed by atoms with E-state index in [4.69, 9.17) is 14.2 Å². The summed E-state index contributed by atoms with van der Waals surface area (Å²) in [4.78, 5) is 8.55. The first-order valence-electron chi connectivity index (χ1n) is 9.36. The highest BCUT2D eigenvalue weighted by Gasteiger charge is 2.34. The third-order valence-electron chi connectivity index (χ3n) is 4.61. The Labute approximate surface area is 189 Å². The number of nitrogens with zero attached hydrogens (tertiary/aromatic N) is 2. The second-order valence-electron chi connectivity index (χ2n) is 6.58. The fraction of sp³-hybridized carbons (Fsp3) is 0.130. The van der Waals surface area contributed by atoms with Gasteiger partial charge in [0.05, 0.1) is 25.3 Å². The number of hydrogen-bond acceptors (Lipinski definition) is 6. The van der Waals surface area contributed by atoms with Crippen molar-refractivity contribution in [3.8, 4) is 17.2 Å². The summed E-state index contributed by atoms with van der Waals surface area (Å²) in [6.07, 6.45) is -2.01. The van der Waals surface area contributed by atoms with Crippen molar-refractivity contribution in [3.05, 3.63) is 78.6 Å². The van der Waals surface area contributed by atoms with Crippen molar-refractivity contribution in [2.24, 2.45) is 0 Å². The maximum Gasteiger partial charge on any atom is 0.426 e. The highest BCUT2D eigenvalue weighted by Crippen LogP contribution is 2.35. The van der Waals surface area contributed by atoms with E-state index in [2.05, 4.69) is 15.3 Å². The minimum absolute atomic E-state index is 0. The molecular formula is C23H20ClF2N3O3. The normalized spacial score (nSPS) is 10.9. The van der Waals surface area contributed by atoms with E-state index in [0.717, 1.165) is 5.39 Å². The summed E-state index contributed by atoms with van der Waals surface area (Å²) in [5.74, 6) is 1.67. The number of anilines is 2. The maximum absolute atomic E-state index is 14.3. The van der Waals surface area contributed by atoms with Gasteiger partial charge in [0, 0.05) is 17.1 Å². The molecule has 6 nitrogen and oxygen atoms in total. The Morgan fingerprint density at radius 1 is 0.844 bits per heavy atom. The zero-order valence-electron chi connectivity index (χ0n) is 17.2. The second-order valence-corrected chi connectivity index (χ2v) is 6.58. The number of aromatic nitrogens is 2. The molecule has 0 bridgehead atoms. The number of benzene rings is 3. The highest BCUT2D eigenvalue weighted by molar-refractivity contribution is 5.93. The largest absolute Gasteiger partial charge is 0.493 e. The second kappa shape index (κ2) is 9.65. The average molecular weight is 460 g/mol. The quantitative estimate of drug-likeness (QED) is 0.369. The molecule has 0 unspecified atom stereocenters. The SMILES string of the molecule is COc1cc2ncnc(Nc3ccc(OC(F)(F)c4ccccc4)cc3)c2cc1OC.Cl. The molecule has 0 fully saturated rings. The number of fused-ring (bicyclic) bond motifs is 1. The number of methoxy groups -OCH3 is 2. The van der Waals surface area contributed by atoms with Gasteiger partial charge in [-0.05, 0) is 42.5 Å². The number of nitrogens with one attached hydrogen (secondary N) is 1. The first kappa shape index (κ1) is 23.0. The van der Waals surface area contributed by atoms with Gasteiger partial charge < -0.3 is 19.5 Å². The van der Waals surface area contributed by atoms with E-state index in [-0.39, 0.29) is 23.7 Å². The molecule has 0 saturated heterocycles. The Morgan fingerprint density at radius 2 is 1.50 bits per heavy atom. The van der Waals surface area contributed by atoms with Crippen LogP contribution in [0.15, 0.2) is 73.1 Å². The first-order chi connectivity index (χ1) is 15.0. The van der Waals surface area contributed by atoms with E-state index in [9.17, 15) is 8.78 Å². The van der Waals surface area contributed by atoms with Crippen LogP contribution in [0, 0.1) is 0 Å². The summed E-state index contributed by atoms with van der Waals surface area (Å²) in [5, 5.41) is 3.89. The zero-order chi connectivity index (χ0) is 21.8. The maximum atomic E-state index is 14.3. The van der Waals surface area contributed by atoms with Gasteiger partial charge in [0.2, 0.25) is 0 Å². The zero-order valence-corrected chi connectivity index (χ0v) is 18.0. The molecule has 0 saturated carbocycles. The third-order valence-corrected chi connectivity index (χ3v) is 4.61. The van der Waals surface area contributed by atoms with Crippen molar-refractivity contribution < 1.29 is 23.0 Å². The molecule has 3 aromatic carbocycles. The fourth-order valence-electron chi connectivity index (χ4n) is 3.06. The lowest BCUT2D eigenvalue weighted by molar-refractivity contribution is -0.185. The number of hydrogen-bond donors (Lipinski definition) is 1. The first-order valence-corrected chi connectivity index (χ1v) is 9.36. The van der Waals surface area contributed by atoms with Crippen molar-refractivity contribution in [2.75, 3.05) is 19.5 Å². The van der Waals surface area contributed by atoms with Crippen LogP contribution in [0.1, 0.15) is 5.56 Å². The predicted molar refractivity (Wildman–Crippen MR) is 121 cm³/mol. The summed E-state index contributed by atoms with van der Waals surface area (Å²) in [5.41, 5.74) is 1.09. The van der Waals surface area contributed by atoms with E-state index in [1.807, 2.05) is 0 Å². The van der Waals surface area contributed by atoms with Crippen LogP contribution in [-0.4, -0.2) is 24.2 Å². The molecule has 4 aromatic rings. The Bertz CT molecular complexity index is 1190. The molecule has 1 heterocycles. The van der Waals surface area contributed by atoms with Gasteiger partial charge in [-0.3, -0.25) is 0 Å². The molecule has 166 valence electrons.